The van der Waals surface area contributed by atoms with Crippen LogP contribution < -0.4 is 10.6 Å². The number of likely N-dealkylation sites (tertiary alicyclic amines) is 1. The van der Waals surface area contributed by atoms with Gasteiger partial charge in [0.05, 0.1) is 30.6 Å². The quantitative estimate of drug-likeness (QED) is 0.339. The standard InChI is InChI=1S/C18H32N4O5S/c1-3-19-18(22-10-6-14(7-11-22)17(24)27-4-2)20-9-5-16(23)21-15-8-12-28(25,26)13-15/h14-15H,3-13H2,1-2H3,(H,19,20)(H,21,23). The maximum Gasteiger partial charge on any atom is 0.309 e. The third-order valence-electron chi connectivity index (χ3n) is 4.95. The normalized spacial score (nSPS) is 22.7. The van der Waals surface area contributed by atoms with Gasteiger partial charge in [-0.15, -0.1) is 0 Å². The van der Waals surface area contributed by atoms with E-state index in [1.54, 1.807) is 0 Å². The van der Waals surface area contributed by atoms with Crippen molar-refractivity contribution in [3.63, 3.8) is 0 Å². The molecule has 0 spiro atoms. The number of hydrogen-bond donors (Lipinski definition) is 2. The van der Waals surface area contributed by atoms with Crippen LogP contribution in [0.3, 0.4) is 0 Å². The summed E-state index contributed by atoms with van der Waals surface area (Å²) >= 11 is 0. The number of rotatable bonds is 7. The van der Waals surface area contributed by atoms with Crippen molar-refractivity contribution in [2.45, 2.75) is 45.6 Å². The van der Waals surface area contributed by atoms with Gasteiger partial charge in [-0.25, -0.2) is 8.42 Å². The van der Waals surface area contributed by atoms with Crippen molar-refractivity contribution in [3.8, 4) is 0 Å². The van der Waals surface area contributed by atoms with Crippen molar-refractivity contribution in [1.29, 1.82) is 0 Å². The van der Waals surface area contributed by atoms with E-state index in [9.17, 15) is 18.0 Å². The van der Waals surface area contributed by atoms with Crippen LogP contribution in [0.2, 0.25) is 0 Å². The lowest BCUT2D eigenvalue weighted by Gasteiger charge is -2.33. The Morgan fingerprint density at radius 2 is 1.89 bits per heavy atom. The van der Waals surface area contributed by atoms with Gasteiger partial charge in [-0.05, 0) is 33.1 Å². The number of ether oxygens (including phenoxy) is 1. The molecule has 0 bridgehead atoms. The fourth-order valence-electron chi connectivity index (χ4n) is 3.48. The molecular formula is C18H32N4O5S. The molecule has 2 heterocycles. The zero-order valence-electron chi connectivity index (χ0n) is 16.8. The highest BCUT2D eigenvalue weighted by Gasteiger charge is 2.29. The molecule has 1 unspecified atom stereocenters. The van der Waals surface area contributed by atoms with E-state index < -0.39 is 9.84 Å². The summed E-state index contributed by atoms with van der Waals surface area (Å²) in [5.74, 6) is 0.536. The predicted molar refractivity (Wildman–Crippen MR) is 107 cm³/mol. The molecule has 1 atom stereocenters. The number of hydrogen-bond acceptors (Lipinski definition) is 6. The summed E-state index contributed by atoms with van der Waals surface area (Å²) < 4.78 is 28.0. The van der Waals surface area contributed by atoms with Gasteiger partial charge >= 0.3 is 5.97 Å². The van der Waals surface area contributed by atoms with E-state index in [0.29, 0.717) is 39.2 Å². The van der Waals surface area contributed by atoms with Crippen molar-refractivity contribution >= 4 is 27.7 Å². The Balaban J connectivity index is 1.79. The number of guanidine groups is 1. The minimum absolute atomic E-state index is 0.0278. The van der Waals surface area contributed by atoms with E-state index >= 15 is 0 Å². The lowest BCUT2D eigenvalue weighted by Crippen LogP contribution is -2.47. The topological polar surface area (TPSA) is 117 Å². The number of esters is 1. The number of amides is 1. The molecule has 2 saturated heterocycles. The fraction of sp³-hybridized carbons (Fsp3) is 0.833. The van der Waals surface area contributed by atoms with Crippen molar-refractivity contribution in [2.75, 3.05) is 44.3 Å². The fourth-order valence-corrected chi connectivity index (χ4v) is 5.16. The molecule has 0 aromatic heterocycles. The van der Waals surface area contributed by atoms with Gasteiger partial charge in [-0.1, -0.05) is 0 Å². The molecule has 2 fully saturated rings. The zero-order valence-corrected chi connectivity index (χ0v) is 17.6. The second kappa shape index (κ2) is 10.6. The van der Waals surface area contributed by atoms with Gasteiger partial charge in [0, 0.05) is 32.1 Å². The van der Waals surface area contributed by atoms with Crippen molar-refractivity contribution in [2.24, 2.45) is 10.9 Å². The summed E-state index contributed by atoms with van der Waals surface area (Å²) in [6.45, 7) is 6.65. The van der Waals surface area contributed by atoms with Crippen molar-refractivity contribution < 1.29 is 22.7 Å². The van der Waals surface area contributed by atoms with E-state index in [1.807, 2.05) is 13.8 Å². The Labute approximate surface area is 167 Å². The molecule has 0 aromatic carbocycles. The molecule has 2 aliphatic heterocycles. The van der Waals surface area contributed by atoms with E-state index in [2.05, 4.69) is 20.5 Å². The van der Waals surface area contributed by atoms with Crippen molar-refractivity contribution in [1.82, 2.24) is 15.5 Å². The molecule has 10 heteroatoms. The molecule has 0 aliphatic carbocycles. The number of sulfone groups is 1. The van der Waals surface area contributed by atoms with E-state index in [-0.39, 0.29) is 41.8 Å². The van der Waals surface area contributed by atoms with Crippen LogP contribution in [0.4, 0.5) is 0 Å². The van der Waals surface area contributed by atoms with Gasteiger partial charge in [-0.2, -0.15) is 0 Å². The van der Waals surface area contributed by atoms with E-state index in [4.69, 9.17) is 4.74 Å². The largest absolute Gasteiger partial charge is 0.466 e. The molecule has 2 N–H and O–H groups in total. The second-order valence-electron chi connectivity index (χ2n) is 7.17. The molecule has 0 saturated carbocycles. The monoisotopic (exact) mass is 416 g/mol. The molecule has 1 amide bonds. The summed E-state index contributed by atoms with van der Waals surface area (Å²) in [6, 6.07) is -0.281. The maximum absolute atomic E-state index is 12.0. The summed E-state index contributed by atoms with van der Waals surface area (Å²) in [6.07, 6.45) is 2.14. The van der Waals surface area contributed by atoms with Crippen LogP contribution in [0.1, 0.15) is 39.5 Å². The number of carbonyl (C=O) groups is 2. The highest BCUT2D eigenvalue weighted by atomic mass is 32.2. The number of piperidine rings is 1. The second-order valence-corrected chi connectivity index (χ2v) is 9.40. The van der Waals surface area contributed by atoms with Crippen LogP contribution in [0.25, 0.3) is 0 Å². The minimum atomic E-state index is -3.00. The molecule has 160 valence electrons. The van der Waals surface area contributed by atoms with E-state index in [1.165, 1.54) is 0 Å². The maximum atomic E-state index is 12.0. The Kier molecular flexibility index (Phi) is 8.53. The number of carbonyl (C=O) groups excluding carboxylic acids is 2. The molecule has 0 radical (unpaired) electrons. The Morgan fingerprint density at radius 3 is 2.46 bits per heavy atom. The lowest BCUT2D eigenvalue weighted by atomic mass is 9.97. The summed E-state index contributed by atoms with van der Waals surface area (Å²) in [4.78, 5) is 30.5. The smallest absolute Gasteiger partial charge is 0.309 e. The highest BCUT2D eigenvalue weighted by Crippen LogP contribution is 2.18. The van der Waals surface area contributed by atoms with Crippen LogP contribution in [-0.4, -0.2) is 81.5 Å². The number of aliphatic imine (C=N–C) groups is 1. The molecule has 9 nitrogen and oxygen atoms in total. The average molecular weight is 417 g/mol. The first kappa shape index (κ1) is 22.4. The first-order chi connectivity index (χ1) is 13.3. The van der Waals surface area contributed by atoms with Crippen LogP contribution in [0.5, 0.6) is 0 Å². The molecule has 2 rings (SSSR count). The summed E-state index contributed by atoms with van der Waals surface area (Å²) in [7, 11) is -3.00. The third kappa shape index (κ3) is 6.96. The minimum Gasteiger partial charge on any atom is -0.466 e. The van der Waals surface area contributed by atoms with Gasteiger partial charge in [0.1, 0.15) is 0 Å². The Hall–Kier alpha value is -1.84. The van der Waals surface area contributed by atoms with Gasteiger partial charge in [0.2, 0.25) is 5.91 Å². The summed E-state index contributed by atoms with van der Waals surface area (Å²) in [5, 5.41) is 6.01. The molecule has 28 heavy (non-hydrogen) atoms. The Morgan fingerprint density at radius 1 is 1.18 bits per heavy atom. The number of nitrogens with one attached hydrogen (secondary N) is 2. The SMILES string of the molecule is CCNC(=NCCC(=O)NC1CCS(=O)(=O)C1)N1CCC(C(=O)OCC)CC1. The van der Waals surface area contributed by atoms with Crippen LogP contribution in [-0.2, 0) is 24.2 Å². The van der Waals surface area contributed by atoms with Crippen LogP contribution >= 0.6 is 0 Å². The van der Waals surface area contributed by atoms with Gasteiger partial charge in [0.15, 0.2) is 15.8 Å². The lowest BCUT2D eigenvalue weighted by molar-refractivity contribution is -0.149. The first-order valence-corrected chi connectivity index (χ1v) is 11.9. The Bertz CT molecular complexity index is 671. The van der Waals surface area contributed by atoms with Gasteiger partial charge in [0.25, 0.3) is 0 Å². The first-order valence-electron chi connectivity index (χ1n) is 10.0. The van der Waals surface area contributed by atoms with Crippen LogP contribution in [0.15, 0.2) is 4.99 Å². The third-order valence-corrected chi connectivity index (χ3v) is 6.72. The molecular weight excluding hydrogens is 384 g/mol. The van der Waals surface area contributed by atoms with Crippen LogP contribution in [0, 0.1) is 5.92 Å². The molecule has 0 aromatic rings. The van der Waals surface area contributed by atoms with Gasteiger partial charge < -0.3 is 20.3 Å². The average Bonchev–Trinajstić information content (AvgIpc) is 2.99. The highest BCUT2D eigenvalue weighted by molar-refractivity contribution is 7.91. The van der Waals surface area contributed by atoms with E-state index in [0.717, 1.165) is 18.8 Å². The summed E-state index contributed by atoms with van der Waals surface area (Å²) in [5.41, 5.74) is 0. The zero-order chi connectivity index (χ0) is 20.6. The molecule has 2 aliphatic rings. The van der Waals surface area contributed by atoms with Gasteiger partial charge in [-0.3, -0.25) is 14.6 Å². The predicted octanol–water partition coefficient (Wildman–Crippen LogP) is -0.0796. The number of nitrogens with zero attached hydrogens (tertiary/aromatic N) is 2. The van der Waals surface area contributed by atoms with Crippen molar-refractivity contribution in [3.05, 3.63) is 0 Å².